The minimum absolute atomic E-state index is 0.00441. The van der Waals surface area contributed by atoms with Crippen LogP contribution in [-0.4, -0.2) is 33.0 Å². The van der Waals surface area contributed by atoms with Crippen LogP contribution in [-0.2, 0) is 11.3 Å². The fraction of sp³-hybridized carbons (Fsp3) is 0.318. The highest BCUT2D eigenvalue weighted by molar-refractivity contribution is 7.99. The van der Waals surface area contributed by atoms with E-state index >= 15 is 0 Å². The van der Waals surface area contributed by atoms with Gasteiger partial charge in [-0.3, -0.25) is 4.79 Å². The number of thioether (sulfide) groups is 1. The Morgan fingerprint density at radius 2 is 1.79 bits per heavy atom. The maximum absolute atomic E-state index is 14.3. The zero-order chi connectivity index (χ0) is 20.8. The normalized spacial score (nSPS) is 11.1. The Bertz CT molecular complexity index is 958. The van der Waals surface area contributed by atoms with Gasteiger partial charge in [-0.15, -0.1) is 10.2 Å². The molecular weight excluding hydrogens is 387 g/mol. The molecule has 1 heterocycles. The number of nitrogens with zero attached hydrogens (tertiary/aromatic N) is 4. The average molecular weight is 413 g/mol. The molecule has 0 aliphatic heterocycles. The summed E-state index contributed by atoms with van der Waals surface area (Å²) >= 11 is 1.33. The lowest BCUT2D eigenvalue weighted by Gasteiger charge is -2.21. The number of hydrogen-bond donors (Lipinski definition) is 0. The summed E-state index contributed by atoms with van der Waals surface area (Å²) in [7, 11) is 0. The third-order valence-electron chi connectivity index (χ3n) is 4.39. The number of halogens is 1. The summed E-state index contributed by atoms with van der Waals surface area (Å²) in [6, 6.07) is 16.1. The first-order valence-electron chi connectivity index (χ1n) is 9.67. The third kappa shape index (κ3) is 5.03. The Hall–Kier alpha value is -2.67. The Morgan fingerprint density at radius 3 is 2.45 bits per heavy atom. The van der Waals surface area contributed by atoms with Crippen LogP contribution in [0.2, 0.25) is 0 Å². The van der Waals surface area contributed by atoms with Gasteiger partial charge in [0.15, 0.2) is 11.0 Å². The van der Waals surface area contributed by atoms with Gasteiger partial charge in [0.05, 0.1) is 11.3 Å². The van der Waals surface area contributed by atoms with Crippen LogP contribution in [0.4, 0.5) is 10.1 Å². The van der Waals surface area contributed by atoms with E-state index in [-0.39, 0.29) is 17.5 Å². The molecule has 0 fully saturated rings. The van der Waals surface area contributed by atoms with Gasteiger partial charge < -0.3 is 9.47 Å². The summed E-state index contributed by atoms with van der Waals surface area (Å²) in [6.07, 6.45) is 0. The van der Waals surface area contributed by atoms with E-state index in [1.54, 1.807) is 23.1 Å². The first-order chi connectivity index (χ1) is 14.0. The van der Waals surface area contributed by atoms with Gasteiger partial charge in [-0.05, 0) is 37.1 Å². The monoisotopic (exact) mass is 412 g/mol. The second-order valence-corrected chi connectivity index (χ2v) is 8.00. The van der Waals surface area contributed by atoms with Gasteiger partial charge in [-0.25, -0.2) is 4.39 Å². The molecule has 3 rings (SSSR count). The van der Waals surface area contributed by atoms with Crippen LogP contribution >= 0.6 is 11.8 Å². The molecule has 0 aliphatic carbocycles. The quantitative estimate of drug-likeness (QED) is 0.495. The zero-order valence-electron chi connectivity index (χ0n) is 16.9. The molecule has 2 aromatic carbocycles. The molecule has 3 aromatic rings. The summed E-state index contributed by atoms with van der Waals surface area (Å²) in [4.78, 5) is 14.5. The van der Waals surface area contributed by atoms with E-state index in [1.807, 2.05) is 41.8 Å². The highest BCUT2D eigenvalue weighted by atomic mass is 32.2. The minimum atomic E-state index is -0.334. The standard InChI is InChI=1S/C22H25FN4OS/c1-4-26(17-10-6-5-7-11-17)20(28)15-29-22-25-24-21(27(22)14-16(2)3)18-12-8-9-13-19(18)23/h5-13,16H,4,14-15H2,1-3H3. The Morgan fingerprint density at radius 1 is 1.10 bits per heavy atom. The molecule has 7 heteroatoms. The van der Waals surface area contributed by atoms with E-state index in [1.165, 1.54) is 17.8 Å². The molecule has 0 unspecified atom stereocenters. The van der Waals surface area contributed by atoms with Crippen molar-refractivity contribution in [2.24, 2.45) is 5.92 Å². The molecule has 29 heavy (non-hydrogen) atoms. The van der Waals surface area contributed by atoms with Crippen LogP contribution < -0.4 is 4.90 Å². The smallest absolute Gasteiger partial charge is 0.237 e. The number of rotatable bonds is 8. The minimum Gasteiger partial charge on any atom is -0.312 e. The molecule has 0 N–H and O–H groups in total. The van der Waals surface area contributed by atoms with Crippen LogP contribution in [0.5, 0.6) is 0 Å². The van der Waals surface area contributed by atoms with Crippen LogP contribution in [0.15, 0.2) is 59.8 Å². The van der Waals surface area contributed by atoms with E-state index in [9.17, 15) is 9.18 Å². The van der Waals surface area contributed by atoms with Crippen LogP contribution in [0.1, 0.15) is 20.8 Å². The fourth-order valence-corrected chi connectivity index (χ4v) is 3.91. The molecule has 0 bridgehead atoms. The number of carbonyl (C=O) groups excluding carboxylic acids is 1. The lowest BCUT2D eigenvalue weighted by Crippen LogP contribution is -2.32. The number of para-hydroxylation sites is 1. The maximum Gasteiger partial charge on any atom is 0.237 e. The Labute approximate surface area is 175 Å². The zero-order valence-corrected chi connectivity index (χ0v) is 17.7. The van der Waals surface area contributed by atoms with Gasteiger partial charge in [-0.2, -0.15) is 0 Å². The van der Waals surface area contributed by atoms with Crippen LogP contribution in [0.25, 0.3) is 11.4 Å². The maximum atomic E-state index is 14.3. The molecule has 1 amide bonds. The molecule has 5 nitrogen and oxygen atoms in total. The van der Waals surface area contributed by atoms with Gasteiger partial charge >= 0.3 is 0 Å². The third-order valence-corrected chi connectivity index (χ3v) is 5.34. The molecule has 0 atom stereocenters. The average Bonchev–Trinajstić information content (AvgIpc) is 3.10. The van der Waals surface area contributed by atoms with E-state index in [0.29, 0.717) is 35.6 Å². The summed E-state index contributed by atoms with van der Waals surface area (Å²) in [6.45, 7) is 7.34. The molecule has 1 aromatic heterocycles. The summed E-state index contributed by atoms with van der Waals surface area (Å²) < 4.78 is 16.2. The SMILES string of the molecule is CCN(C(=O)CSc1nnc(-c2ccccc2F)n1CC(C)C)c1ccccc1. The van der Waals surface area contributed by atoms with Crippen molar-refractivity contribution < 1.29 is 9.18 Å². The molecule has 152 valence electrons. The van der Waals surface area contributed by atoms with Crippen molar-refractivity contribution in [1.82, 2.24) is 14.8 Å². The number of hydrogen-bond acceptors (Lipinski definition) is 4. The second kappa shape index (κ2) is 9.69. The van der Waals surface area contributed by atoms with E-state index in [4.69, 9.17) is 0 Å². The van der Waals surface area contributed by atoms with Crippen molar-refractivity contribution >= 4 is 23.4 Å². The predicted molar refractivity (Wildman–Crippen MR) is 115 cm³/mol. The molecule has 0 aliphatic rings. The van der Waals surface area contributed by atoms with Crippen molar-refractivity contribution in [3.05, 3.63) is 60.4 Å². The molecule has 0 saturated carbocycles. The molecular formula is C22H25FN4OS. The van der Waals surface area contributed by atoms with Crippen molar-refractivity contribution in [1.29, 1.82) is 0 Å². The first kappa shape index (κ1) is 21.0. The number of amides is 1. The van der Waals surface area contributed by atoms with Gasteiger partial charge in [0.25, 0.3) is 0 Å². The summed E-state index contributed by atoms with van der Waals surface area (Å²) in [5, 5.41) is 9.10. The largest absolute Gasteiger partial charge is 0.312 e. The van der Waals surface area contributed by atoms with Crippen molar-refractivity contribution in [3.63, 3.8) is 0 Å². The topological polar surface area (TPSA) is 51.0 Å². The molecule has 0 saturated heterocycles. The first-order valence-corrected chi connectivity index (χ1v) is 10.7. The van der Waals surface area contributed by atoms with Gasteiger partial charge in [0, 0.05) is 18.8 Å². The van der Waals surface area contributed by atoms with E-state index in [0.717, 1.165) is 5.69 Å². The van der Waals surface area contributed by atoms with Crippen molar-refractivity contribution in [3.8, 4) is 11.4 Å². The lowest BCUT2D eigenvalue weighted by molar-refractivity contribution is -0.116. The number of benzene rings is 2. The lowest BCUT2D eigenvalue weighted by atomic mass is 10.2. The Balaban J connectivity index is 1.82. The van der Waals surface area contributed by atoms with E-state index < -0.39 is 0 Å². The highest BCUT2D eigenvalue weighted by Crippen LogP contribution is 2.27. The fourth-order valence-electron chi connectivity index (χ4n) is 3.08. The highest BCUT2D eigenvalue weighted by Gasteiger charge is 2.20. The van der Waals surface area contributed by atoms with E-state index in [2.05, 4.69) is 24.0 Å². The number of aromatic nitrogens is 3. The second-order valence-electron chi connectivity index (χ2n) is 7.05. The van der Waals surface area contributed by atoms with Crippen LogP contribution in [0, 0.1) is 11.7 Å². The Kier molecular flexibility index (Phi) is 7.04. The van der Waals surface area contributed by atoms with Crippen molar-refractivity contribution in [2.75, 3.05) is 17.2 Å². The summed E-state index contributed by atoms with van der Waals surface area (Å²) in [5.41, 5.74) is 1.29. The number of carbonyl (C=O) groups is 1. The van der Waals surface area contributed by atoms with Crippen LogP contribution in [0.3, 0.4) is 0 Å². The van der Waals surface area contributed by atoms with Gasteiger partial charge in [0.2, 0.25) is 5.91 Å². The number of anilines is 1. The van der Waals surface area contributed by atoms with Gasteiger partial charge in [-0.1, -0.05) is 55.9 Å². The van der Waals surface area contributed by atoms with Crippen molar-refractivity contribution in [2.45, 2.75) is 32.5 Å². The molecule has 0 spiro atoms. The summed E-state index contributed by atoms with van der Waals surface area (Å²) in [5.74, 6) is 0.704. The predicted octanol–water partition coefficient (Wildman–Crippen LogP) is 4.89. The van der Waals surface area contributed by atoms with Gasteiger partial charge in [0.1, 0.15) is 5.82 Å². The molecule has 0 radical (unpaired) electrons.